The minimum atomic E-state index is 1.02. The number of allylic oxidation sites excluding steroid dienone is 1. The van der Waals surface area contributed by atoms with Gasteiger partial charge in [-0.15, -0.1) is 0 Å². The Morgan fingerprint density at radius 1 is 1.44 bits per heavy atom. The van der Waals surface area contributed by atoms with Crippen LogP contribution in [0, 0.1) is 0 Å². The number of hydrogen-bond acceptors (Lipinski definition) is 1. The molecule has 0 aliphatic rings. The highest BCUT2D eigenvalue weighted by atomic mass is 14.8. The van der Waals surface area contributed by atoms with Crippen LogP contribution in [-0.4, -0.2) is 13.1 Å². The van der Waals surface area contributed by atoms with Gasteiger partial charge < -0.3 is 5.32 Å². The standard InChI is InChI=1S/C8H17N/c1-3-5-7-9-8-6-4-2/h3,5,9H,4,6-8H2,1-2H3. The number of hydrogen-bond donors (Lipinski definition) is 1. The molecule has 0 aliphatic carbocycles. The summed E-state index contributed by atoms with van der Waals surface area (Å²) in [5.74, 6) is 0. The van der Waals surface area contributed by atoms with Gasteiger partial charge in [0.25, 0.3) is 0 Å². The van der Waals surface area contributed by atoms with Crippen molar-refractivity contribution in [1.29, 1.82) is 0 Å². The Morgan fingerprint density at radius 2 is 2.22 bits per heavy atom. The third-order valence-electron chi connectivity index (χ3n) is 1.20. The predicted molar refractivity (Wildman–Crippen MR) is 42.6 cm³/mol. The molecule has 0 saturated carbocycles. The first-order valence-corrected chi connectivity index (χ1v) is 3.73. The molecule has 0 unspecified atom stereocenters. The van der Waals surface area contributed by atoms with Crippen molar-refractivity contribution in [3.63, 3.8) is 0 Å². The third-order valence-corrected chi connectivity index (χ3v) is 1.20. The molecule has 0 fully saturated rings. The van der Waals surface area contributed by atoms with Gasteiger partial charge in [0.1, 0.15) is 0 Å². The lowest BCUT2D eigenvalue weighted by Crippen LogP contribution is -2.14. The van der Waals surface area contributed by atoms with Crippen LogP contribution < -0.4 is 5.32 Å². The van der Waals surface area contributed by atoms with Gasteiger partial charge in [-0.05, 0) is 19.9 Å². The molecule has 0 aromatic rings. The first-order chi connectivity index (χ1) is 4.41. The second kappa shape index (κ2) is 7.70. The molecule has 0 bridgehead atoms. The molecule has 0 aromatic heterocycles. The van der Waals surface area contributed by atoms with E-state index in [1.54, 1.807) is 0 Å². The molecule has 1 heteroatoms. The van der Waals surface area contributed by atoms with Gasteiger partial charge in [0, 0.05) is 6.54 Å². The van der Waals surface area contributed by atoms with Crippen LogP contribution in [0.25, 0.3) is 0 Å². The van der Waals surface area contributed by atoms with E-state index in [0.29, 0.717) is 0 Å². The minimum absolute atomic E-state index is 1.02. The average Bonchev–Trinajstić information content (AvgIpc) is 1.89. The molecule has 0 radical (unpaired) electrons. The summed E-state index contributed by atoms with van der Waals surface area (Å²) >= 11 is 0. The maximum absolute atomic E-state index is 3.30. The normalized spacial score (nSPS) is 10.9. The molecule has 0 heterocycles. The smallest absolute Gasteiger partial charge is 0.0134 e. The van der Waals surface area contributed by atoms with Crippen molar-refractivity contribution in [3.8, 4) is 0 Å². The van der Waals surface area contributed by atoms with Crippen molar-refractivity contribution in [3.05, 3.63) is 12.2 Å². The van der Waals surface area contributed by atoms with Crippen LogP contribution >= 0.6 is 0 Å². The zero-order valence-electron chi connectivity index (χ0n) is 6.48. The quantitative estimate of drug-likeness (QED) is 0.439. The van der Waals surface area contributed by atoms with E-state index < -0.39 is 0 Å². The van der Waals surface area contributed by atoms with Gasteiger partial charge in [-0.25, -0.2) is 0 Å². The molecule has 0 rings (SSSR count). The van der Waals surface area contributed by atoms with Gasteiger partial charge in [-0.1, -0.05) is 25.5 Å². The molecule has 1 N–H and O–H groups in total. The van der Waals surface area contributed by atoms with E-state index in [0.717, 1.165) is 13.1 Å². The fraction of sp³-hybridized carbons (Fsp3) is 0.750. The maximum Gasteiger partial charge on any atom is 0.0134 e. The zero-order chi connectivity index (χ0) is 6.95. The van der Waals surface area contributed by atoms with Crippen molar-refractivity contribution in [1.82, 2.24) is 5.32 Å². The van der Waals surface area contributed by atoms with Gasteiger partial charge in [-0.3, -0.25) is 0 Å². The van der Waals surface area contributed by atoms with Crippen molar-refractivity contribution in [2.75, 3.05) is 13.1 Å². The lowest BCUT2D eigenvalue weighted by atomic mass is 10.3. The number of nitrogens with one attached hydrogen (secondary N) is 1. The second-order valence-corrected chi connectivity index (χ2v) is 2.13. The van der Waals surface area contributed by atoms with Gasteiger partial charge in [0.2, 0.25) is 0 Å². The van der Waals surface area contributed by atoms with Crippen LogP contribution in [0.3, 0.4) is 0 Å². The SMILES string of the molecule is CC=CCNCCCC. The summed E-state index contributed by atoms with van der Waals surface area (Å²) < 4.78 is 0. The van der Waals surface area contributed by atoms with Crippen molar-refractivity contribution in [2.24, 2.45) is 0 Å². The Balaban J connectivity index is 2.75. The summed E-state index contributed by atoms with van der Waals surface area (Å²) in [5, 5.41) is 3.30. The second-order valence-electron chi connectivity index (χ2n) is 2.13. The van der Waals surface area contributed by atoms with Gasteiger partial charge in [-0.2, -0.15) is 0 Å². The van der Waals surface area contributed by atoms with Crippen molar-refractivity contribution < 1.29 is 0 Å². The summed E-state index contributed by atoms with van der Waals surface area (Å²) in [4.78, 5) is 0. The summed E-state index contributed by atoms with van der Waals surface area (Å²) in [7, 11) is 0. The van der Waals surface area contributed by atoms with Crippen LogP contribution in [0.4, 0.5) is 0 Å². The fourth-order valence-corrected chi connectivity index (χ4v) is 0.605. The average molecular weight is 127 g/mol. The lowest BCUT2D eigenvalue weighted by molar-refractivity contribution is 0.681. The zero-order valence-corrected chi connectivity index (χ0v) is 6.48. The molecule has 0 aliphatic heterocycles. The topological polar surface area (TPSA) is 12.0 Å². The first kappa shape index (κ1) is 8.70. The van der Waals surface area contributed by atoms with E-state index in [1.165, 1.54) is 12.8 Å². The molecule has 0 spiro atoms. The molecular weight excluding hydrogens is 110 g/mol. The highest BCUT2D eigenvalue weighted by Crippen LogP contribution is 1.81. The Hall–Kier alpha value is -0.300. The molecule has 54 valence electrons. The Labute approximate surface area is 58.2 Å². The largest absolute Gasteiger partial charge is 0.313 e. The maximum atomic E-state index is 3.30. The van der Waals surface area contributed by atoms with E-state index in [4.69, 9.17) is 0 Å². The molecule has 0 atom stereocenters. The van der Waals surface area contributed by atoms with E-state index in [2.05, 4.69) is 24.4 Å². The first-order valence-electron chi connectivity index (χ1n) is 3.73. The lowest BCUT2D eigenvalue weighted by Gasteiger charge is -1.96. The van der Waals surface area contributed by atoms with Gasteiger partial charge >= 0.3 is 0 Å². The molecule has 9 heavy (non-hydrogen) atoms. The Kier molecular flexibility index (Phi) is 7.44. The molecule has 0 saturated heterocycles. The van der Waals surface area contributed by atoms with Crippen LogP contribution in [0.5, 0.6) is 0 Å². The number of rotatable bonds is 5. The monoisotopic (exact) mass is 127 g/mol. The van der Waals surface area contributed by atoms with Gasteiger partial charge in [0.15, 0.2) is 0 Å². The van der Waals surface area contributed by atoms with E-state index in [9.17, 15) is 0 Å². The summed E-state index contributed by atoms with van der Waals surface area (Å²) in [6.07, 6.45) is 6.77. The van der Waals surface area contributed by atoms with E-state index in [1.807, 2.05) is 6.92 Å². The predicted octanol–water partition coefficient (Wildman–Crippen LogP) is 1.95. The highest BCUT2D eigenvalue weighted by molar-refractivity contribution is 4.78. The molecular formula is C8H17N. The minimum Gasteiger partial charge on any atom is -0.313 e. The summed E-state index contributed by atoms with van der Waals surface area (Å²) in [6, 6.07) is 0. The van der Waals surface area contributed by atoms with Crippen LogP contribution in [-0.2, 0) is 0 Å². The van der Waals surface area contributed by atoms with Crippen molar-refractivity contribution in [2.45, 2.75) is 26.7 Å². The number of unbranched alkanes of at least 4 members (excludes halogenated alkanes) is 1. The Bertz CT molecular complexity index is 67.0. The molecule has 0 amide bonds. The van der Waals surface area contributed by atoms with Gasteiger partial charge in [0.05, 0.1) is 0 Å². The summed E-state index contributed by atoms with van der Waals surface area (Å²) in [6.45, 7) is 6.43. The Morgan fingerprint density at radius 3 is 2.78 bits per heavy atom. The fourth-order valence-electron chi connectivity index (χ4n) is 0.605. The molecule has 1 nitrogen and oxygen atoms in total. The highest BCUT2D eigenvalue weighted by Gasteiger charge is 1.79. The van der Waals surface area contributed by atoms with Crippen LogP contribution in [0.1, 0.15) is 26.7 Å². The van der Waals surface area contributed by atoms with E-state index >= 15 is 0 Å². The van der Waals surface area contributed by atoms with Crippen LogP contribution in [0.15, 0.2) is 12.2 Å². The van der Waals surface area contributed by atoms with E-state index in [-0.39, 0.29) is 0 Å². The third kappa shape index (κ3) is 7.70. The summed E-state index contributed by atoms with van der Waals surface area (Å²) in [5.41, 5.74) is 0. The molecule has 0 aromatic carbocycles. The van der Waals surface area contributed by atoms with Crippen molar-refractivity contribution >= 4 is 0 Å². The van der Waals surface area contributed by atoms with Crippen LogP contribution in [0.2, 0.25) is 0 Å².